The number of carbonyl (C=O) groups excluding carboxylic acids is 1. The van der Waals surface area contributed by atoms with Crippen molar-refractivity contribution in [1.29, 1.82) is 0 Å². The van der Waals surface area contributed by atoms with Crippen molar-refractivity contribution in [2.45, 2.75) is 38.4 Å². The number of piperidine rings is 1. The highest BCUT2D eigenvalue weighted by atomic mass is 35.5. The molecule has 1 aliphatic heterocycles. The van der Waals surface area contributed by atoms with Crippen LogP contribution in [0.4, 0.5) is 13.2 Å². The zero-order chi connectivity index (χ0) is 19.2. The highest BCUT2D eigenvalue weighted by Gasteiger charge is 2.29. The SMILES string of the molecule is COc1cc(CCC(=O)NC2CCNCC2C)ccc1OCC(F)(F)F.Cl. The summed E-state index contributed by atoms with van der Waals surface area (Å²) >= 11 is 0. The van der Waals surface area contributed by atoms with Gasteiger partial charge in [-0.15, -0.1) is 12.4 Å². The highest BCUT2D eigenvalue weighted by Crippen LogP contribution is 2.30. The van der Waals surface area contributed by atoms with Crippen molar-refractivity contribution in [2.75, 3.05) is 26.8 Å². The van der Waals surface area contributed by atoms with E-state index in [1.54, 1.807) is 12.1 Å². The van der Waals surface area contributed by atoms with Crippen LogP contribution in [0.1, 0.15) is 25.3 Å². The summed E-state index contributed by atoms with van der Waals surface area (Å²) < 4.78 is 46.7. The van der Waals surface area contributed by atoms with E-state index in [4.69, 9.17) is 9.47 Å². The molecule has 2 rings (SSSR count). The fourth-order valence-corrected chi connectivity index (χ4v) is 2.91. The average Bonchev–Trinajstić information content (AvgIpc) is 2.59. The molecule has 0 spiro atoms. The Morgan fingerprint density at radius 2 is 2.07 bits per heavy atom. The summed E-state index contributed by atoms with van der Waals surface area (Å²) in [5, 5.41) is 6.34. The van der Waals surface area contributed by atoms with Gasteiger partial charge < -0.3 is 20.1 Å². The molecule has 1 amide bonds. The Hall–Kier alpha value is -1.67. The van der Waals surface area contributed by atoms with E-state index in [1.165, 1.54) is 13.2 Å². The molecule has 0 radical (unpaired) electrons. The van der Waals surface area contributed by atoms with Gasteiger partial charge in [-0.3, -0.25) is 4.79 Å². The smallest absolute Gasteiger partial charge is 0.422 e. The number of aryl methyl sites for hydroxylation is 1. The van der Waals surface area contributed by atoms with E-state index < -0.39 is 12.8 Å². The summed E-state index contributed by atoms with van der Waals surface area (Å²) in [6.45, 7) is 2.51. The van der Waals surface area contributed by atoms with E-state index in [2.05, 4.69) is 17.6 Å². The molecular weight excluding hydrogens is 385 g/mol. The van der Waals surface area contributed by atoms with Crippen molar-refractivity contribution in [3.8, 4) is 11.5 Å². The largest absolute Gasteiger partial charge is 0.493 e. The molecule has 2 atom stereocenters. The van der Waals surface area contributed by atoms with Gasteiger partial charge in [0, 0.05) is 12.5 Å². The molecular formula is C18H26ClF3N2O3. The Balaban J connectivity index is 0.00000364. The van der Waals surface area contributed by atoms with Crippen LogP contribution < -0.4 is 20.1 Å². The maximum Gasteiger partial charge on any atom is 0.422 e. The number of hydrogen-bond donors (Lipinski definition) is 2. The standard InChI is InChI=1S/C18H25F3N2O3.ClH/c1-12-10-22-8-7-14(12)23-17(24)6-4-13-3-5-15(16(9-13)25-2)26-11-18(19,20)21;/h3,5,9,12,14,22H,4,6-8,10-11H2,1-2H3,(H,23,24);1H. The van der Waals surface area contributed by atoms with Crippen LogP contribution in [-0.2, 0) is 11.2 Å². The van der Waals surface area contributed by atoms with Gasteiger partial charge in [0.2, 0.25) is 5.91 Å². The van der Waals surface area contributed by atoms with Crippen LogP contribution in [0.25, 0.3) is 0 Å². The molecule has 154 valence electrons. The Morgan fingerprint density at radius 1 is 1.33 bits per heavy atom. The van der Waals surface area contributed by atoms with Gasteiger partial charge in [0.05, 0.1) is 7.11 Å². The second-order valence-electron chi connectivity index (χ2n) is 6.53. The zero-order valence-corrected chi connectivity index (χ0v) is 16.2. The number of alkyl halides is 3. The lowest BCUT2D eigenvalue weighted by atomic mass is 9.95. The molecule has 2 N–H and O–H groups in total. The minimum absolute atomic E-state index is 0. The molecule has 1 aromatic carbocycles. The van der Waals surface area contributed by atoms with E-state index in [9.17, 15) is 18.0 Å². The van der Waals surface area contributed by atoms with Crippen LogP contribution in [0.5, 0.6) is 11.5 Å². The predicted molar refractivity (Wildman–Crippen MR) is 98.7 cm³/mol. The third kappa shape index (κ3) is 7.84. The van der Waals surface area contributed by atoms with Crippen molar-refractivity contribution in [3.05, 3.63) is 23.8 Å². The molecule has 0 bridgehead atoms. The van der Waals surface area contributed by atoms with Crippen molar-refractivity contribution < 1.29 is 27.4 Å². The number of amides is 1. The van der Waals surface area contributed by atoms with Crippen molar-refractivity contribution in [3.63, 3.8) is 0 Å². The number of methoxy groups -OCH3 is 1. The fraction of sp³-hybridized carbons (Fsp3) is 0.611. The first-order valence-corrected chi connectivity index (χ1v) is 8.65. The molecule has 0 saturated carbocycles. The van der Waals surface area contributed by atoms with Crippen molar-refractivity contribution in [1.82, 2.24) is 10.6 Å². The number of halogens is 4. The summed E-state index contributed by atoms with van der Waals surface area (Å²) in [5.41, 5.74) is 0.801. The topological polar surface area (TPSA) is 59.6 Å². The molecule has 0 aliphatic carbocycles. The van der Waals surface area contributed by atoms with E-state index >= 15 is 0 Å². The summed E-state index contributed by atoms with van der Waals surface area (Å²) in [6.07, 6.45) is -2.72. The Morgan fingerprint density at radius 3 is 2.70 bits per heavy atom. The van der Waals surface area contributed by atoms with Crippen LogP contribution >= 0.6 is 12.4 Å². The van der Waals surface area contributed by atoms with Gasteiger partial charge in [0.15, 0.2) is 18.1 Å². The highest BCUT2D eigenvalue weighted by molar-refractivity contribution is 5.85. The lowest BCUT2D eigenvalue weighted by molar-refractivity contribution is -0.153. The maximum absolute atomic E-state index is 12.3. The lowest BCUT2D eigenvalue weighted by Gasteiger charge is -2.30. The molecule has 9 heteroatoms. The van der Waals surface area contributed by atoms with E-state index in [0.717, 1.165) is 25.1 Å². The quantitative estimate of drug-likeness (QED) is 0.725. The van der Waals surface area contributed by atoms with Crippen molar-refractivity contribution >= 4 is 18.3 Å². The van der Waals surface area contributed by atoms with Crippen LogP contribution in [0, 0.1) is 5.92 Å². The van der Waals surface area contributed by atoms with Crippen LogP contribution in [-0.4, -0.2) is 44.9 Å². The van der Waals surface area contributed by atoms with E-state index in [0.29, 0.717) is 18.8 Å². The summed E-state index contributed by atoms with van der Waals surface area (Å²) in [7, 11) is 1.37. The molecule has 1 saturated heterocycles. The number of carbonyl (C=O) groups is 1. The maximum atomic E-state index is 12.3. The Kier molecular flexibility index (Phi) is 9.18. The third-order valence-electron chi connectivity index (χ3n) is 4.39. The van der Waals surface area contributed by atoms with Crippen LogP contribution in [0.15, 0.2) is 18.2 Å². The first kappa shape index (κ1) is 23.4. The summed E-state index contributed by atoms with van der Waals surface area (Å²) in [4.78, 5) is 12.2. The second kappa shape index (κ2) is 10.6. The number of rotatable bonds is 7. The predicted octanol–water partition coefficient (Wildman–Crippen LogP) is 3.10. The van der Waals surface area contributed by atoms with Gasteiger partial charge in [-0.05, 0) is 49.5 Å². The number of benzene rings is 1. The first-order valence-electron chi connectivity index (χ1n) is 8.65. The minimum atomic E-state index is -4.41. The molecule has 1 heterocycles. The van der Waals surface area contributed by atoms with Crippen molar-refractivity contribution in [2.24, 2.45) is 5.92 Å². The van der Waals surface area contributed by atoms with E-state index in [-0.39, 0.29) is 35.9 Å². The third-order valence-corrected chi connectivity index (χ3v) is 4.39. The number of nitrogens with one attached hydrogen (secondary N) is 2. The summed E-state index contributed by atoms with van der Waals surface area (Å²) in [6, 6.07) is 4.87. The van der Waals surface area contributed by atoms with Crippen LogP contribution in [0.2, 0.25) is 0 Å². The normalized spacial score (nSPS) is 19.7. The van der Waals surface area contributed by atoms with Gasteiger partial charge in [0.1, 0.15) is 0 Å². The number of hydrogen-bond acceptors (Lipinski definition) is 4. The Labute approximate surface area is 163 Å². The zero-order valence-electron chi connectivity index (χ0n) is 15.4. The molecule has 27 heavy (non-hydrogen) atoms. The monoisotopic (exact) mass is 410 g/mol. The molecule has 1 fully saturated rings. The fourth-order valence-electron chi connectivity index (χ4n) is 2.91. The van der Waals surface area contributed by atoms with Crippen LogP contribution in [0.3, 0.4) is 0 Å². The van der Waals surface area contributed by atoms with Gasteiger partial charge in [-0.1, -0.05) is 13.0 Å². The molecule has 0 aromatic heterocycles. The van der Waals surface area contributed by atoms with Gasteiger partial charge in [-0.2, -0.15) is 13.2 Å². The second-order valence-corrected chi connectivity index (χ2v) is 6.53. The molecule has 1 aromatic rings. The Bertz CT molecular complexity index is 614. The lowest BCUT2D eigenvalue weighted by Crippen LogP contribution is -2.48. The van der Waals surface area contributed by atoms with Gasteiger partial charge in [0.25, 0.3) is 0 Å². The van der Waals surface area contributed by atoms with E-state index in [1.807, 2.05) is 0 Å². The minimum Gasteiger partial charge on any atom is -0.493 e. The molecule has 2 unspecified atom stereocenters. The summed E-state index contributed by atoms with van der Waals surface area (Å²) in [5.74, 6) is 0.610. The number of ether oxygens (including phenoxy) is 2. The van der Waals surface area contributed by atoms with Gasteiger partial charge in [-0.25, -0.2) is 0 Å². The van der Waals surface area contributed by atoms with Gasteiger partial charge >= 0.3 is 6.18 Å². The first-order chi connectivity index (χ1) is 12.3. The molecule has 5 nitrogen and oxygen atoms in total. The molecule has 1 aliphatic rings. The average molecular weight is 411 g/mol.